The van der Waals surface area contributed by atoms with Gasteiger partial charge in [0.15, 0.2) is 0 Å². The minimum atomic E-state index is -3.48. The fraction of sp³-hybridized carbons (Fsp3) is 0.417. The van der Waals surface area contributed by atoms with E-state index in [0.29, 0.717) is 19.6 Å². The summed E-state index contributed by atoms with van der Waals surface area (Å²) in [5.74, 6) is 0.722. The number of piperazine rings is 1. The molecule has 0 bridgehead atoms. The minimum absolute atomic E-state index is 0.0824. The van der Waals surface area contributed by atoms with Crippen LogP contribution in [0.25, 0.3) is 10.8 Å². The molecule has 0 atom stereocenters. The summed E-state index contributed by atoms with van der Waals surface area (Å²) in [6.07, 6.45) is 1.85. The second kappa shape index (κ2) is 8.74. The van der Waals surface area contributed by atoms with Gasteiger partial charge in [-0.3, -0.25) is 9.80 Å². The molecular formula is C24H29N3O3S. The van der Waals surface area contributed by atoms with E-state index >= 15 is 0 Å². The zero-order valence-electron chi connectivity index (χ0n) is 17.7. The van der Waals surface area contributed by atoms with Crippen molar-refractivity contribution < 1.29 is 12.8 Å². The van der Waals surface area contributed by atoms with Crippen molar-refractivity contribution in [3.05, 3.63) is 65.9 Å². The van der Waals surface area contributed by atoms with Crippen molar-refractivity contribution >= 4 is 20.8 Å². The fourth-order valence-corrected chi connectivity index (χ4v) is 6.08. The largest absolute Gasteiger partial charge is 0.447 e. The lowest BCUT2D eigenvalue weighted by atomic mass is 10.0. The van der Waals surface area contributed by atoms with Crippen LogP contribution >= 0.6 is 0 Å². The first-order chi connectivity index (χ1) is 15.1. The molecule has 6 nitrogen and oxygen atoms in total. The Morgan fingerprint density at radius 2 is 1.42 bits per heavy atom. The number of furan rings is 1. The maximum Gasteiger partial charge on any atom is 0.276 e. The van der Waals surface area contributed by atoms with Crippen molar-refractivity contribution in [2.24, 2.45) is 0 Å². The van der Waals surface area contributed by atoms with Gasteiger partial charge in [0.05, 0.1) is 6.54 Å². The first-order valence-electron chi connectivity index (χ1n) is 11.1. The van der Waals surface area contributed by atoms with Crippen LogP contribution in [0.15, 0.2) is 64.1 Å². The third-order valence-corrected chi connectivity index (χ3v) is 8.19. The van der Waals surface area contributed by atoms with Gasteiger partial charge in [0.2, 0.25) is 5.09 Å². The Bertz CT molecular complexity index is 1140. The van der Waals surface area contributed by atoms with Crippen LogP contribution in [0.1, 0.15) is 24.2 Å². The van der Waals surface area contributed by atoms with E-state index in [1.807, 2.05) is 6.07 Å². The molecule has 5 rings (SSSR count). The van der Waals surface area contributed by atoms with Gasteiger partial charge in [-0.05, 0) is 41.3 Å². The Morgan fingerprint density at radius 3 is 2.19 bits per heavy atom. The van der Waals surface area contributed by atoms with Gasteiger partial charge in [0.1, 0.15) is 5.76 Å². The lowest BCUT2D eigenvalue weighted by Gasteiger charge is -2.34. The number of rotatable bonds is 6. The molecule has 0 unspecified atom stereocenters. The molecule has 3 aromatic rings. The average molecular weight is 440 g/mol. The number of hydrogen-bond donors (Lipinski definition) is 0. The maximum absolute atomic E-state index is 12.7. The van der Waals surface area contributed by atoms with E-state index in [4.69, 9.17) is 4.42 Å². The van der Waals surface area contributed by atoms with Gasteiger partial charge in [-0.25, -0.2) is 8.42 Å². The predicted octanol–water partition coefficient (Wildman–Crippen LogP) is 3.54. The number of hydrogen-bond acceptors (Lipinski definition) is 5. The molecule has 0 N–H and O–H groups in total. The second-order valence-corrected chi connectivity index (χ2v) is 10.4. The summed E-state index contributed by atoms with van der Waals surface area (Å²) in [5.41, 5.74) is 1.37. The molecule has 164 valence electrons. The lowest BCUT2D eigenvalue weighted by Crippen LogP contribution is -2.45. The quantitative estimate of drug-likeness (QED) is 0.588. The van der Waals surface area contributed by atoms with E-state index in [-0.39, 0.29) is 5.09 Å². The highest BCUT2D eigenvalue weighted by atomic mass is 32.2. The zero-order valence-corrected chi connectivity index (χ0v) is 18.6. The standard InChI is InChI=1S/C24H29N3O3S/c28-31(29,27-12-3-4-13-27)24-11-10-22(30-24)19-26-16-14-25(15-17-26)18-21-8-5-7-20-6-1-2-9-23(20)21/h1-2,5-11H,3-4,12-19H2. The van der Waals surface area contributed by atoms with E-state index in [1.54, 1.807) is 6.07 Å². The van der Waals surface area contributed by atoms with E-state index in [2.05, 4.69) is 52.3 Å². The number of sulfonamides is 1. The number of fused-ring (bicyclic) bond motifs is 1. The van der Waals surface area contributed by atoms with Crippen LogP contribution in [0.3, 0.4) is 0 Å². The summed E-state index contributed by atoms with van der Waals surface area (Å²) in [6.45, 7) is 6.66. The van der Waals surface area contributed by atoms with Crippen molar-refractivity contribution in [2.45, 2.75) is 31.0 Å². The first-order valence-corrected chi connectivity index (χ1v) is 12.5. The second-order valence-electron chi connectivity index (χ2n) is 8.52. The van der Waals surface area contributed by atoms with Gasteiger partial charge in [0.25, 0.3) is 10.0 Å². The molecule has 1 aromatic heterocycles. The Labute approximate surface area is 184 Å². The summed E-state index contributed by atoms with van der Waals surface area (Å²) in [4.78, 5) is 4.83. The highest BCUT2D eigenvalue weighted by molar-refractivity contribution is 7.89. The van der Waals surface area contributed by atoms with Crippen LogP contribution in [0.2, 0.25) is 0 Å². The number of nitrogens with zero attached hydrogens (tertiary/aromatic N) is 3. The zero-order chi connectivity index (χ0) is 21.3. The molecule has 0 aliphatic carbocycles. The summed E-state index contributed by atoms with van der Waals surface area (Å²) >= 11 is 0. The van der Waals surface area contributed by atoms with Gasteiger partial charge < -0.3 is 4.42 Å². The Kier molecular flexibility index (Phi) is 5.84. The monoisotopic (exact) mass is 439 g/mol. The minimum Gasteiger partial charge on any atom is -0.447 e. The van der Waals surface area contributed by atoms with Crippen molar-refractivity contribution in [3.63, 3.8) is 0 Å². The average Bonchev–Trinajstić information content (AvgIpc) is 3.49. The molecule has 3 heterocycles. The van der Waals surface area contributed by atoms with Crippen LogP contribution in [-0.2, 0) is 23.1 Å². The van der Waals surface area contributed by atoms with Gasteiger partial charge in [-0.15, -0.1) is 0 Å². The highest BCUT2D eigenvalue weighted by Crippen LogP contribution is 2.24. The normalized spacial score (nSPS) is 19.4. The molecule has 2 aliphatic heterocycles. The van der Waals surface area contributed by atoms with E-state index in [9.17, 15) is 8.42 Å². The van der Waals surface area contributed by atoms with Crippen LogP contribution in [0, 0.1) is 0 Å². The lowest BCUT2D eigenvalue weighted by molar-refractivity contribution is 0.115. The molecule has 2 saturated heterocycles. The highest BCUT2D eigenvalue weighted by Gasteiger charge is 2.30. The van der Waals surface area contributed by atoms with Gasteiger partial charge in [0, 0.05) is 45.8 Å². The van der Waals surface area contributed by atoms with E-state index in [0.717, 1.165) is 51.3 Å². The molecule has 7 heteroatoms. The van der Waals surface area contributed by atoms with Crippen LogP contribution in [0.5, 0.6) is 0 Å². The fourth-order valence-electron chi connectivity index (χ4n) is 4.63. The van der Waals surface area contributed by atoms with Crippen molar-refractivity contribution in [1.29, 1.82) is 0 Å². The van der Waals surface area contributed by atoms with Gasteiger partial charge >= 0.3 is 0 Å². The van der Waals surface area contributed by atoms with Crippen molar-refractivity contribution in [3.8, 4) is 0 Å². The van der Waals surface area contributed by atoms with Crippen LogP contribution in [0.4, 0.5) is 0 Å². The summed E-state index contributed by atoms with van der Waals surface area (Å²) in [6, 6.07) is 18.5. The first kappa shape index (κ1) is 20.7. The van der Waals surface area contributed by atoms with Gasteiger partial charge in [-0.2, -0.15) is 4.31 Å². The summed E-state index contributed by atoms with van der Waals surface area (Å²) in [7, 11) is -3.48. The molecule has 2 aromatic carbocycles. The SMILES string of the molecule is O=S(=O)(c1ccc(CN2CCN(Cc3cccc4ccccc34)CC2)o1)N1CCCC1. The van der Waals surface area contributed by atoms with E-state index < -0.39 is 10.0 Å². The van der Waals surface area contributed by atoms with Crippen molar-refractivity contribution in [2.75, 3.05) is 39.3 Å². The molecule has 0 saturated carbocycles. The van der Waals surface area contributed by atoms with Gasteiger partial charge in [-0.1, -0.05) is 42.5 Å². The molecule has 2 fully saturated rings. The Balaban J connectivity index is 1.18. The Morgan fingerprint density at radius 1 is 0.742 bits per heavy atom. The number of benzene rings is 2. The molecule has 0 radical (unpaired) electrons. The van der Waals surface area contributed by atoms with Crippen LogP contribution in [-0.4, -0.2) is 61.8 Å². The topological polar surface area (TPSA) is 57.0 Å². The molecule has 0 spiro atoms. The maximum atomic E-state index is 12.7. The van der Waals surface area contributed by atoms with Crippen molar-refractivity contribution in [1.82, 2.24) is 14.1 Å². The smallest absolute Gasteiger partial charge is 0.276 e. The third kappa shape index (κ3) is 4.41. The molecule has 2 aliphatic rings. The summed E-state index contributed by atoms with van der Waals surface area (Å²) < 4.78 is 32.6. The molecular weight excluding hydrogens is 410 g/mol. The Hall–Kier alpha value is -2.19. The molecule has 0 amide bonds. The predicted molar refractivity (Wildman–Crippen MR) is 121 cm³/mol. The summed E-state index contributed by atoms with van der Waals surface area (Å²) in [5, 5.41) is 2.70. The van der Waals surface area contributed by atoms with E-state index in [1.165, 1.54) is 20.6 Å². The third-order valence-electron chi connectivity index (χ3n) is 6.41. The van der Waals surface area contributed by atoms with Crippen LogP contribution < -0.4 is 0 Å². The molecule has 31 heavy (non-hydrogen) atoms.